The highest BCUT2D eigenvalue weighted by Gasteiger charge is 2.10. The maximum atomic E-state index is 11.5. The van der Waals surface area contributed by atoms with Gasteiger partial charge in [0.15, 0.2) is 0 Å². The van der Waals surface area contributed by atoms with E-state index in [1.165, 1.54) is 0 Å². The van der Waals surface area contributed by atoms with Crippen LogP contribution in [0.2, 0.25) is 0 Å². The summed E-state index contributed by atoms with van der Waals surface area (Å²) in [6.45, 7) is 4.50. The molecule has 1 rings (SSSR count). The molecule has 0 saturated carbocycles. The second-order valence-electron chi connectivity index (χ2n) is 3.72. The van der Waals surface area contributed by atoms with E-state index in [0.717, 1.165) is 5.56 Å². The topological polar surface area (TPSA) is 58.2 Å². The molecule has 1 amide bonds. The van der Waals surface area contributed by atoms with Gasteiger partial charge in [0.1, 0.15) is 6.61 Å². The molecule has 15 heavy (non-hydrogen) atoms. The predicted octanol–water partition coefficient (Wildman–Crippen LogP) is 0.793. The Morgan fingerprint density at radius 3 is 2.93 bits per heavy atom. The average Bonchev–Trinajstić information content (AvgIpc) is 2.66. The number of H-pyrrole nitrogens is 1. The molecule has 0 saturated heterocycles. The SMILES string of the molecule is CC(C)OCC(=O)N(C)Cc1cn[nH]c1. The molecule has 1 heterocycles. The van der Waals surface area contributed by atoms with Crippen LogP contribution in [0.3, 0.4) is 0 Å². The molecule has 0 aliphatic carbocycles. The third-order valence-corrected chi connectivity index (χ3v) is 1.94. The maximum Gasteiger partial charge on any atom is 0.248 e. The van der Waals surface area contributed by atoms with Crippen LogP contribution in [-0.2, 0) is 16.1 Å². The molecule has 0 fully saturated rings. The van der Waals surface area contributed by atoms with Gasteiger partial charge in [0.25, 0.3) is 0 Å². The van der Waals surface area contributed by atoms with Crippen LogP contribution in [0, 0.1) is 0 Å². The third kappa shape index (κ3) is 4.12. The molecule has 0 bridgehead atoms. The van der Waals surface area contributed by atoms with Crippen molar-refractivity contribution in [1.29, 1.82) is 0 Å². The van der Waals surface area contributed by atoms with Gasteiger partial charge in [-0.3, -0.25) is 9.89 Å². The van der Waals surface area contributed by atoms with Gasteiger partial charge < -0.3 is 9.64 Å². The zero-order chi connectivity index (χ0) is 11.3. The number of hydrogen-bond acceptors (Lipinski definition) is 3. The van der Waals surface area contributed by atoms with E-state index in [1.807, 2.05) is 13.8 Å². The zero-order valence-corrected chi connectivity index (χ0v) is 9.36. The molecule has 0 aliphatic rings. The quantitative estimate of drug-likeness (QED) is 0.783. The number of aromatic nitrogens is 2. The number of ether oxygens (including phenoxy) is 1. The van der Waals surface area contributed by atoms with Crippen LogP contribution in [0.1, 0.15) is 19.4 Å². The van der Waals surface area contributed by atoms with Crippen molar-refractivity contribution in [3.63, 3.8) is 0 Å². The fraction of sp³-hybridized carbons (Fsp3) is 0.600. The van der Waals surface area contributed by atoms with Crippen LogP contribution in [0.15, 0.2) is 12.4 Å². The summed E-state index contributed by atoms with van der Waals surface area (Å²) in [6.07, 6.45) is 3.55. The van der Waals surface area contributed by atoms with Gasteiger partial charge in [0, 0.05) is 25.4 Å². The summed E-state index contributed by atoms with van der Waals surface area (Å²) in [5.74, 6) is -0.0232. The van der Waals surface area contributed by atoms with Gasteiger partial charge in [-0.25, -0.2) is 0 Å². The minimum atomic E-state index is -0.0232. The predicted molar refractivity (Wildman–Crippen MR) is 56.1 cm³/mol. The van der Waals surface area contributed by atoms with Crippen molar-refractivity contribution in [3.8, 4) is 0 Å². The first kappa shape index (κ1) is 11.7. The second-order valence-corrected chi connectivity index (χ2v) is 3.72. The summed E-state index contributed by atoms with van der Waals surface area (Å²) < 4.78 is 5.23. The van der Waals surface area contributed by atoms with E-state index in [1.54, 1.807) is 24.3 Å². The maximum absolute atomic E-state index is 11.5. The minimum Gasteiger partial charge on any atom is -0.369 e. The number of rotatable bonds is 5. The van der Waals surface area contributed by atoms with Crippen LogP contribution in [0.25, 0.3) is 0 Å². The van der Waals surface area contributed by atoms with E-state index in [-0.39, 0.29) is 18.6 Å². The summed E-state index contributed by atoms with van der Waals surface area (Å²) in [6, 6.07) is 0. The van der Waals surface area contributed by atoms with Crippen LogP contribution >= 0.6 is 0 Å². The molecule has 0 atom stereocenters. The Bertz CT molecular complexity index is 296. The lowest BCUT2D eigenvalue weighted by molar-refractivity contribution is -0.136. The molecule has 1 N–H and O–H groups in total. The molecule has 5 nitrogen and oxygen atoms in total. The van der Waals surface area contributed by atoms with Crippen molar-refractivity contribution in [1.82, 2.24) is 15.1 Å². The van der Waals surface area contributed by atoms with Gasteiger partial charge in [-0.1, -0.05) is 0 Å². The van der Waals surface area contributed by atoms with Gasteiger partial charge in [0.05, 0.1) is 12.3 Å². The molecule has 1 aromatic rings. The standard InChI is InChI=1S/C10H17N3O2/c1-8(2)15-7-10(14)13(3)6-9-4-11-12-5-9/h4-5,8H,6-7H2,1-3H3,(H,11,12). The highest BCUT2D eigenvalue weighted by atomic mass is 16.5. The molecule has 0 spiro atoms. The zero-order valence-electron chi connectivity index (χ0n) is 9.36. The van der Waals surface area contributed by atoms with Gasteiger partial charge in [-0.2, -0.15) is 5.10 Å². The second kappa shape index (κ2) is 5.50. The van der Waals surface area contributed by atoms with Crippen molar-refractivity contribution in [3.05, 3.63) is 18.0 Å². The van der Waals surface area contributed by atoms with E-state index in [4.69, 9.17) is 4.74 Å². The first-order valence-corrected chi connectivity index (χ1v) is 4.93. The van der Waals surface area contributed by atoms with Crippen LogP contribution in [0.5, 0.6) is 0 Å². The molecule has 0 aliphatic heterocycles. The largest absolute Gasteiger partial charge is 0.369 e. The lowest BCUT2D eigenvalue weighted by atomic mass is 10.3. The van der Waals surface area contributed by atoms with Gasteiger partial charge in [-0.05, 0) is 13.8 Å². The Morgan fingerprint density at radius 2 is 2.40 bits per heavy atom. The first-order valence-electron chi connectivity index (χ1n) is 4.93. The van der Waals surface area contributed by atoms with Crippen molar-refractivity contribution >= 4 is 5.91 Å². The highest BCUT2D eigenvalue weighted by molar-refractivity contribution is 5.77. The van der Waals surface area contributed by atoms with E-state index < -0.39 is 0 Å². The number of amides is 1. The number of nitrogens with one attached hydrogen (secondary N) is 1. The Labute approximate surface area is 89.4 Å². The molecule has 84 valence electrons. The van der Waals surface area contributed by atoms with Gasteiger partial charge >= 0.3 is 0 Å². The highest BCUT2D eigenvalue weighted by Crippen LogP contribution is 2.00. The number of nitrogens with zero attached hydrogens (tertiary/aromatic N) is 2. The third-order valence-electron chi connectivity index (χ3n) is 1.94. The molecular formula is C10H17N3O2. The van der Waals surface area contributed by atoms with E-state index in [9.17, 15) is 4.79 Å². The van der Waals surface area contributed by atoms with Crippen LogP contribution < -0.4 is 0 Å². The summed E-state index contributed by atoms with van der Waals surface area (Å²) in [5, 5.41) is 6.52. The summed E-state index contributed by atoms with van der Waals surface area (Å²) in [4.78, 5) is 13.2. The van der Waals surface area contributed by atoms with E-state index in [2.05, 4.69) is 10.2 Å². The first-order chi connectivity index (χ1) is 7.09. The summed E-state index contributed by atoms with van der Waals surface area (Å²) >= 11 is 0. The molecular weight excluding hydrogens is 194 g/mol. The molecule has 0 radical (unpaired) electrons. The van der Waals surface area contributed by atoms with Crippen molar-refractivity contribution in [2.24, 2.45) is 0 Å². The Kier molecular flexibility index (Phi) is 4.30. The van der Waals surface area contributed by atoms with Gasteiger partial charge in [-0.15, -0.1) is 0 Å². The average molecular weight is 211 g/mol. The summed E-state index contributed by atoms with van der Waals surface area (Å²) in [7, 11) is 1.75. The smallest absolute Gasteiger partial charge is 0.248 e. The number of aromatic amines is 1. The monoisotopic (exact) mass is 211 g/mol. The lowest BCUT2D eigenvalue weighted by Gasteiger charge is -2.17. The van der Waals surface area contributed by atoms with Gasteiger partial charge in [0.2, 0.25) is 5.91 Å². The molecule has 5 heteroatoms. The summed E-state index contributed by atoms with van der Waals surface area (Å²) in [5.41, 5.74) is 0.982. The number of likely N-dealkylation sites (N-methyl/N-ethyl adjacent to an activating group) is 1. The number of hydrogen-bond donors (Lipinski definition) is 1. The lowest BCUT2D eigenvalue weighted by Crippen LogP contribution is -2.30. The number of carbonyl (C=O) groups is 1. The van der Waals surface area contributed by atoms with Crippen molar-refractivity contribution in [2.45, 2.75) is 26.5 Å². The van der Waals surface area contributed by atoms with Crippen LogP contribution in [0.4, 0.5) is 0 Å². The number of carbonyl (C=O) groups excluding carboxylic acids is 1. The fourth-order valence-corrected chi connectivity index (χ4v) is 1.07. The Morgan fingerprint density at radius 1 is 1.67 bits per heavy atom. The minimum absolute atomic E-state index is 0.0232. The molecule has 1 aromatic heterocycles. The normalized spacial score (nSPS) is 10.7. The Balaban J connectivity index is 2.33. The van der Waals surface area contributed by atoms with Crippen LogP contribution in [-0.4, -0.2) is 40.8 Å². The fourth-order valence-electron chi connectivity index (χ4n) is 1.07. The van der Waals surface area contributed by atoms with Crippen molar-refractivity contribution < 1.29 is 9.53 Å². The molecule has 0 unspecified atom stereocenters. The molecule has 0 aromatic carbocycles. The van der Waals surface area contributed by atoms with Crippen molar-refractivity contribution in [2.75, 3.05) is 13.7 Å². The Hall–Kier alpha value is -1.36. The van der Waals surface area contributed by atoms with E-state index >= 15 is 0 Å². The van der Waals surface area contributed by atoms with E-state index in [0.29, 0.717) is 6.54 Å².